The molecule has 0 bridgehead atoms. The maximum atomic E-state index is 12.4. The van der Waals surface area contributed by atoms with Crippen LogP contribution in [0.15, 0.2) is 24.3 Å². The first kappa shape index (κ1) is 76.3. The second-order valence-electron chi connectivity index (χ2n) is 24.6. The summed E-state index contributed by atoms with van der Waals surface area (Å²) in [6, 6.07) is -0.536. The Kier molecular flexibility index (Phi) is 66.4. The van der Waals surface area contributed by atoms with E-state index in [1.54, 1.807) is 0 Å². The van der Waals surface area contributed by atoms with Crippen molar-refractivity contribution in [2.75, 3.05) is 13.2 Å². The van der Waals surface area contributed by atoms with Gasteiger partial charge in [0.1, 0.15) is 0 Å². The van der Waals surface area contributed by atoms with Gasteiger partial charge in [-0.3, -0.25) is 9.59 Å². The number of allylic oxidation sites excluding steroid dienone is 4. The van der Waals surface area contributed by atoms with Crippen LogP contribution in [0.3, 0.4) is 0 Å². The molecule has 0 rings (SSSR count). The summed E-state index contributed by atoms with van der Waals surface area (Å²) in [5.74, 6) is -0.0102. The summed E-state index contributed by atoms with van der Waals surface area (Å²) in [5, 5.41) is 23.1. The zero-order valence-corrected chi connectivity index (χ0v) is 52.9. The van der Waals surface area contributed by atoms with Gasteiger partial charge in [-0.15, -0.1) is 0 Å². The molecular weight excluding hydrogens is 959 g/mol. The lowest BCUT2D eigenvalue weighted by Crippen LogP contribution is -2.45. The molecule has 0 aromatic heterocycles. The topological polar surface area (TPSA) is 95.9 Å². The van der Waals surface area contributed by atoms with Crippen LogP contribution in [0.2, 0.25) is 0 Å². The Balaban J connectivity index is 3.31. The summed E-state index contributed by atoms with van der Waals surface area (Å²) < 4.78 is 5.49. The van der Waals surface area contributed by atoms with Gasteiger partial charge in [0.05, 0.1) is 25.4 Å². The third kappa shape index (κ3) is 63.5. The highest BCUT2D eigenvalue weighted by Crippen LogP contribution is 2.19. The molecule has 6 nitrogen and oxygen atoms in total. The van der Waals surface area contributed by atoms with Crippen molar-refractivity contribution in [2.45, 2.75) is 411 Å². The molecule has 3 N–H and O–H groups in total. The molecule has 0 heterocycles. The summed E-state index contributed by atoms with van der Waals surface area (Å²) in [6.07, 6.45) is 85.5. The molecule has 78 heavy (non-hydrogen) atoms. The first-order valence-electron chi connectivity index (χ1n) is 35.6. The Bertz CT molecular complexity index is 1220. The number of aliphatic hydroxyl groups is 2. The number of rotatable bonds is 67. The van der Waals surface area contributed by atoms with Crippen LogP contribution in [0, 0.1) is 0 Å². The molecule has 0 aliphatic rings. The first-order chi connectivity index (χ1) is 38.5. The van der Waals surface area contributed by atoms with Crippen molar-refractivity contribution >= 4 is 11.9 Å². The number of ether oxygens (including phenoxy) is 1. The normalized spacial score (nSPS) is 12.6. The minimum Gasteiger partial charge on any atom is -0.466 e. The Morgan fingerprint density at radius 3 is 0.974 bits per heavy atom. The van der Waals surface area contributed by atoms with Crippen LogP contribution in [-0.4, -0.2) is 47.4 Å². The fourth-order valence-corrected chi connectivity index (χ4v) is 11.3. The van der Waals surface area contributed by atoms with E-state index in [2.05, 4.69) is 43.5 Å². The number of carbonyl (C=O) groups excluding carboxylic acids is 2. The van der Waals surface area contributed by atoms with Gasteiger partial charge in [0.25, 0.3) is 0 Å². The van der Waals surface area contributed by atoms with Gasteiger partial charge < -0.3 is 20.3 Å². The summed E-state index contributed by atoms with van der Waals surface area (Å²) in [6.45, 7) is 4.96. The molecule has 462 valence electrons. The van der Waals surface area contributed by atoms with Gasteiger partial charge in [0.15, 0.2) is 0 Å². The summed E-state index contributed by atoms with van der Waals surface area (Å²) in [4.78, 5) is 24.5. The number of esters is 1. The Hall–Kier alpha value is -1.66. The third-order valence-electron chi connectivity index (χ3n) is 16.8. The van der Waals surface area contributed by atoms with E-state index in [4.69, 9.17) is 4.74 Å². The van der Waals surface area contributed by atoms with Gasteiger partial charge in [-0.1, -0.05) is 353 Å². The molecule has 1 amide bonds. The predicted octanol–water partition coefficient (Wildman–Crippen LogP) is 22.9. The average Bonchev–Trinajstić information content (AvgIpc) is 3.44. The minimum absolute atomic E-state index is 0.0223. The molecule has 0 aliphatic heterocycles. The number of aliphatic hydroxyl groups excluding tert-OH is 2. The van der Waals surface area contributed by atoms with E-state index >= 15 is 0 Å². The number of amides is 1. The third-order valence-corrected chi connectivity index (χ3v) is 16.8. The van der Waals surface area contributed by atoms with Gasteiger partial charge in [0.2, 0.25) is 5.91 Å². The smallest absolute Gasteiger partial charge is 0.305 e. The summed E-state index contributed by atoms with van der Waals surface area (Å²) >= 11 is 0. The lowest BCUT2D eigenvalue weighted by Gasteiger charge is -2.22. The molecule has 0 saturated heterocycles. The highest BCUT2D eigenvalue weighted by molar-refractivity contribution is 5.76. The monoisotopic (exact) mass is 1100 g/mol. The molecule has 6 heteroatoms. The molecule has 2 unspecified atom stereocenters. The van der Waals surface area contributed by atoms with Crippen LogP contribution in [0.1, 0.15) is 399 Å². The van der Waals surface area contributed by atoms with E-state index in [1.165, 1.54) is 321 Å². The molecule has 0 fully saturated rings. The largest absolute Gasteiger partial charge is 0.466 e. The molecule has 2 atom stereocenters. The average molecular weight is 1100 g/mol. The second kappa shape index (κ2) is 67.8. The highest BCUT2D eigenvalue weighted by Gasteiger charge is 2.20. The van der Waals surface area contributed by atoms with Crippen molar-refractivity contribution in [3.63, 3.8) is 0 Å². The van der Waals surface area contributed by atoms with Gasteiger partial charge in [0, 0.05) is 12.8 Å². The van der Waals surface area contributed by atoms with Crippen LogP contribution in [0.25, 0.3) is 0 Å². The summed E-state index contributed by atoms with van der Waals surface area (Å²) in [7, 11) is 0. The lowest BCUT2D eigenvalue weighted by molar-refractivity contribution is -0.143. The zero-order valence-electron chi connectivity index (χ0n) is 52.9. The number of hydrogen-bond donors (Lipinski definition) is 3. The first-order valence-corrected chi connectivity index (χ1v) is 35.6. The van der Waals surface area contributed by atoms with E-state index in [9.17, 15) is 19.8 Å². The van der Waals surface area contributed by atoms with Gasteiger partial charge in [-0.05, 0) is 57.8 Å². The van der Waals surface area contributed by atoms with Crippen LogP contribution in [0.5, 0.6) is 0 Å². The maximum absolute atomic E-state index is 12.4. The van der Waals surface area contributed by atoms with E-state index in [0.717, 1.165) is 44.9 Å². The minimum atomic E-state index is -0.659. The van der Waals surface area contributed by atoms with Crippen LogP contribution < -0.4 is 5.32 Å². The quantitative estimate of drug-likeness (QED) is 0.0320. The van der Waals surface area contributed by atoms with Crippen molar-refractivity contribution in [1.29, 1.82) is 0 Å². The van der Waals surface area contributed by atoms with Crippen molar-refractivity contribution < 1.29 is 24.5 Å². The molecule has 0 aromatic carbocycles. The second-order valence-corrected chi connectivity index (χ2v) is 24.6. The number of carbonyl (C=O) groups is 2. The number of hydrogen-bond acceptors (Lipinski definition) is 5. The van der Waals surface area contributed by atoms with Gasteiger partial charge >= 0.3 is 5.97 Å². The standard InChI is InChI=1S/C72H139NO5/c1-3-5-7-9-11-13-14-42-46-50-54-58-62-66-72(77)78-67-63-59-55-51-47-44-41-39-37-35-33-31-29-27-25-23-21-19-17-15-16-18-20-22-24-26-28-30-32-34-36-38-40-43-45-49-53-57-61-65-71(76)73-69(68-74)70(75)64-60-56-52-48-12-10-8-6-4-2/h15-16,19,21,69-70,74-75H,3-14,17-18,20,22-68H2,1-2H3,(H,73,76)/b16-15-,21-19-. The molecule has 0 saturated carbocycles. The van der Waals surface area contributed by atoms with Crippen molar-refractivity contribution in [1.82, 2.24) is 5.32 Å². The fourth-order valence-electron chi connectivity index (χ4n) is 11.3. The van der Waals surface area contributed by atoms with Crippen molar-refractivity contribution in [3.8, 4) is 0 Å². The van der Waals surface area contributed by atoms with E-state index in [1.807, 2.05) is 0 Å². The summed E-state index contributed by atoms with van der Waals surface area (Å²) in [5.41, 5.74) is 0. The maximum Gasteiger partial charge on any atom is 0.305 e. The van der Waals surface area contributed by atoms with Crippen LogP contribution in [-0.2, 0) is 14.3 Å². The van der Waals surface area contributed by atoms with Gasteiger partial charge in [-0.2, -0.15) is 0 Å². The Morgan fingerprint density at radius 2 is 0.641 bits per heavy atom. The SMILES string of the molecule is CCCCCCCCCCCCCCCC(=O)OCCCCCCCCCCCCCCCCC/C=C\C/C=C\CCCCCCCCCCCCCCCCCCCC(=O)NC(CO)C(O)CCCCCCCCCCC. The lowest BCUT2D eigenvalue weighted by atomic mass is 10.0. The van der Waals surface area contributed by atoms with E-state index in [0.29, 0.717) is 25.9 Å². The number of unbranched alkanes of at least 4 members (excludes halogenated alkanes) is 52. The molecule has 0 aromatic rings. The van der Waals surface area contributed by atoms with E-state index < -0.39 is 12.1 Å². The van der Waals surface area contributed by atoms with Crippen molar-refractivity contribution in [2.24, 2.45) is 0 Å². The molecular formula is C72H139NO5. The zero-order chi connectivity index (χ0) is 56.4. The number of nitrogens with one attached hydrogen (secondary N) is 1. The van der Waals surface area contributed by atoms with Crippen molar-refractivity contribution in [3.05, 3.63) is 24.3 Å². The molecule has 0 spiro atoms. The van der Waals surface area contributed by atoms with Gasteiger partial charge in [-0.25, -0.2) is 0 Å². The Morgan fingerprint density at radius 1 is 0.359 bits per heavy atom. The molecule has 0 aliphatic carbocycles. The van der Waals surface area contributed by atoms with Crippen LogP contribution >= 0.6 is 0 Å². The highest BCUT2D eigenvalue weighted by atomic mass is 16.5. The van der Waals surface area contributed by atoms with E-state index in [-0.39, 0.29) is 18.5 Å². The Labute approximate surface area is 488 Å². The fraction of sp³-hybridized carbons (Fsp3) is 0.917. The van der Waals surface area contributed by atoms with Crippen LogP contribution in [0.4, 0.5) is 0 Å². The molecule has 0 radical (unpaired) electrons. The predicted molar refractivity (Wildman–Crippen MR) is 343 cm³/mol.